The van der Waals surface area contributed by atoms with Crippen LogP contribution in [-0.4, -0.2) is 15.4 Å². The summed E-state index contributed by atoms with van der Waals surface area (Å²) >= 11 is 0. The standard InChI is InChI=1S/C9H9N3O/c1-6-7-4-2-3-5-8(7)9(12-13)11-10-6/h2-5,13H,1H3,(H,11,12). The van der Waals surface area contributed by atoms with E-state index in [1.165, 1.54) is 0 Å². The van der Waals surface area contributed by atoms with Crippen LogP contribution in [0.1, 0.15) is 5.69 Å². The van der Waals surface area contributed by atoms with Crippen LogP contribution in [0, 0.1) is 6.92 Å². The number of anilines is 1. The highest BCUT2D eigenvalue weighted by atomic mass is 16.5. The summed E-state index contributed by atoms with van der Waals surface area (Å²) in [5, 5.41) is 18.4. The van der Waals surface area contributed by atoms with E-state index in [9.17, 15) is 0 Å². The molecule has 0 fully saturated rings. The van der Waals surface area contributed by atoms with E-state index in [-0.39, 0.29) is 0 Å². The van der Waals surface area contributed by atoms with Crippen LogP contribution in [0.15, 0.2) is 24.3 Å². The van der Waals surface area contributed by atoms with Gasteiger partial charge >= 0.3 is 0 Å². The van der Waals surface area contributed by atoms with Gasteiger partial charge in [-0.3, -0.25) is 10.7 Å². The van der Waals surface area contributed by atoms with Crippen LogP contribution in [0.4, 0.5) is 5.82 Å². The molecule has 0 aliphatic rings. The van der Waals surface area contributed by atoms with Crippen LogP contribution < -0.4 is 5.48 Å². The molecule has 4 nitrogen and oxygen atoms in total. The van der Waals surface area contributed by atoms with E-state index in [2.05, 4.69) is 10.2 Å². The highest BCUT2D eigenvalue weighted by Crippen LogP contribution is 2.21. The van der Waals surface area contributed by atoms with Crippen LogP contribution in [0.5, 0.6) is 0 Å². The number of benzene rings is 1. The second kappa shape index (κ2) is 2.99. The predicted molar refractivity (Wildman–Crippen MR) is 49.7 cm³/mol. The molecule has 0 saturated heterocycles. The lowest BCUT2D eigenvalue weighted by Crippen LogP contribution is -1.98. The SMILES string of the molecule is Cc1nnc(NO)c2ccccc12. The molecule has 0 radical (unpaired) electrons. The Bertz CT molecular complexity index is 442. The van der Waals surface area contributed by atoms with E-state index in [0.717, 1.165) is 16.5 Å². The number of hydrogen-bond acceptors (Lipinski definition) is 4. The molecule has 0 amide bonds. The maximum Gasteiger partial charge on any atom is 0.180 e. The van der Waals surface area contributed by atoms with Crippen LogP contribution >= 0.6 is 0 Å². The number of nitrogens with zero attached hydrogens (tertiary/aromatic N) is 2. The molecular formula is C9H9N3O. The van der Waals surface area contributed by atoms with Crippen LogP contribution in [0.25, 0.3) is 10.8 Å². The highest BCUT2D eigenvalue weighted by Gasteiger charge is 2.03. The van der Waals surface area contributed by atoms with Gasteiger partial charge in [0.1, 0.15) is 0 Å². The van der Waals surface area contributed by atoms with Crippen LogP contribution in [-0.2, 0) is 0 Å². The van der Waals surface area contributed by atoms with E-state index in [1.54, 1.807) is 0 Å². The quantitative estimate of drug-likeness (QED) is 0.648. The van der Waals surface area contributed by atoms with Crippen molar-refractivity contribution in [3.05, 3.63) is 30.0 Å². The first-order chi connectivity index (χ1) is 6.33. The molecule has 0 spiro atoms. The molecule has 13 heavy (non-hydrogen) atoms. The summed E-state index contributed by atoms with van der Waals surface area (Å²) in [5.74, 6) is 0.390. The fourth-order valence-electron chi connectivity index (χ4n) is 1.32. The summed E-state index contributed by atoms with van der Waals surface area (Å²) in [6, 6.07) is 7.65. The zero-order chi connectivity index (χ0) is 9.26. The second-order valence-electron chi connectivity index (χ2n) is 2.79. The molecule has 0 aliphatic carbocycles. The predicted octanol–water partition coefficient (Wildman–Crippen LogP) is 1.74. The molecule has 2 rings (SSSR count). The molecule has 66 valence electrons. The second-order valence-corrected chi connectivity index (χ2v) is 2.79. The van der Waals surface area contributed by atoms with Crippen molar-refractivity contribution in [2.24, 2.45) is 0 Å². The number of nitrogens with one attached hydrogen (secondary N) is 1. The largest absolute Gasteiger partial charge is 0.290 e. The number of fused-ring (bicyclic) bond motifs is 1. The fourth-order valence-corrected chi connectivity index (χ4v) is 1.32. The molecule has 1 aromatic carbocycles. The van der Waals surface area contributed by atoms with E-state index < -0.39 is 0 Å². The molecule has 0 aliphatic heterocycles. The van der Waals surface area contributed by atoms with Gasteiger partial charge in [0.15, 0.2) is 5.82 Å². The third-order valence-corrected chi connectivity index (χ3v) is 1.98. The summed E-state index contributed by atoms with van der Waals surface area (Å²) in [6.45, 7) is 1.89. The first-order valence-corrected chi connectivity index (χ1v) is 3.95. The van der Waals surface area contributed by atoms with E-state index >= 15 is 0 Å². The maximum atomic E-state index is 8.77. The maximum absolute atomic E-state index is 8.77. The van der Waals surface area contributed by atoms with Crippen molar-refractivity contribution in [1.29, 1.82) is 0 Å². The summed E-state index contributed by atoms with van der Waals surface area (Å²) in [4.78, 5) is 0. The van der Waals surface area contributed by atoms with Gasteiger partial charge in [-0.25, -0.2) is 0 Å². The van der Waals surface area contributed by atoms with E-state index in [1.807, 2.05) is 36.7 Å². The Morgan fingerprint density at radius 3 is 2.54 bits per heavy atom. The zero-order valence-corrected chi connectivity index (χ0v) is 7.15. The minimum absolute atomic E-state index is 0.390. The Hall–Kier alpha value is -1.68. The summed E-state index contributed by atoms with van der Waals surface area (Å²) in [5.41, 5.74) is 2.88. The Morgan fingerprint density at radius 2 is 1.85 bits per heavy atom. The Morgan fingerprint density at radius 1 is 1.15 bits per heavy atom. The lowest BCUT2D eigenvalue weighted by Gasteiger charge is -2.03. The number of aromatic nitrogens is 2. The van der Waals surface area contributed by atoms with Crippen molar-refractivity contribution < 1.29 is 5.21 Å². The lowest BCUT2D eigenvalue weighted by atomic mass is 10.1. The molecule has 0 unspecified atom stereocenters. The number of rotatable bonds is 1. The van der Waals surface area contributed by atoms with Gasteiger partial charge in [0.25, 0.3) is 0 Å². The summed E-state index contributed by atoms with van der Waals surface area (Å²) in [6.07, 6.45) is 0. The highest BCUT2D eigenvalue weighted by molar-refractivity contribution is 5.92. The van der Waals surface area contributed by atoms with Gasteiger partial charge in [0, 0.05) is 10.8 Å². The zero-order valence-electron chi connectivity index (χ0n) is 7.15. The van der Waals surface area contributed by atoms with Crippen LogP contribution in [0.3, 0.4) is 0 Å². The average molecular weight is 175 g/mol. The van der Waals surface area contributed by atoms with E-state index in [0.29, 0.717) is 5.82 Å². The molecule has 1 heterocycles. The molecule has 4 heteroatoms. The van der Waals surface area contributed by atoms with Gasteiger partial charge in [-0.1, -0.05) is 24.3 Å². The Balaban J connectivity index is 2.84. The van der Waals surface area contributed by atoms with Gasteiger partial charge in [-0.15, -0.1) is 5.10 Å². The third-order valence-electron chi connectivity index (χ3n) is 1.98. The van der Waals surface area contributed by atoms with Gasteiger partial charge < -0.3 is 0 Å². The van der Waals surface area contributed by atoms with Gasteiger partial charge in [0.05, 0.1) is 5.69 Å². The minimum atomic E-state index is 0.390. The molecule has 0 atom stereocenters. The number of hydrogen-bond donors (Lipinski definition) is 2. The Labute approximate surface area is 75.2 Å². The summed E-state index contributed by atoms with van der Waals surface area (Å²) < 4.78 is 0. The Kier molecular flexibility index (Phi) is 1.83. The van der Waals surface area contributed by atoms with Crippen molar-refractivity contribution in [3.8, 4) is 0 Å². The van der Waals surface area contributed by atoms with Crippen molar-refractivity contribution in [1.82, 2.24) is 10.2 Å². The average Bonchev–Trinajstić information content (AvgIpc) is 2.19. The smallest absolute Gasteiger partial charge is 0.180 e. The third kappa shape index (κ3) is 1.21. The summed E-state index contributed by atoms with van der Waals surface area (Å²) in [7, 11) is 0. The first-order valence-electron chi connectivity index (χ1n) is 3.95. The molecule has 0 bridgehead atoms. The molecule has 0 saturated carbocycles. The topological polar surface area (TPSA) is 58.0 Å². The molecule has 2 aromatic rings. The van der Waals surface area contributed by atoms with Gasteiger partial charge in [-0.2, -0.15) is 5.10 Å². The minimum Gasteiger partial charge on any atom is -0.290 e. The van der Waals surface area contributed by atoms with Crippen molar-refractivity contribution in [3.63, 3.8) is 0 Å². The molecule has 2 N–H and O–H groups in total. The first kappa shape index (κ1) is 7.94. The molecule has 1 aromatic heterocycles. The van der Waals surface area contributed by atoms with Gasteiger partial charge in [-0.05, 0) is 6.92 Å². The monoisotopic (exact) mass is 175 g/mol. The van der Waals surface area contributed by atoms with Crippen molar-refractivity contribution in [2.75, 3.05) is 5.48 Å². The van der Waals surface area contributed by atoms with Crippen LogP contribution in [0.2, 0.25) is 0 Å². The van der Waals surface area contributed by atoms with E-state index in [4.69, 9.17) is 5.21 Å². The van der Waals surface area contributed by atoms with Crippen molar-refractivity contribution in [2.45, 2.75) is 6.92 Å². The van der Waals surface area contributed by atoms with Gasteiger partial charge in [0.2, 0.25) is 0 Å². The normalized spacial score (nSPS) is 10.3. The number of aryl methyl sites for hydroxylation is 1. The fraction of sp³-hybridized carbons (Fsp3) is 0.111. The molecular weight excluding hydrogens is 166 g/mol. The van der Waals surface area contributed by atoms with Crippen molar-refractivity contribution >= 4 is 16.6 Å². The lowest BCUT2D eigenvalue weighted by molar-refractivity contribution is 0.386.